The van der Waals surface area contributed by atoms with Crippen LogP contribution in [0.4, 0.5) is 0 Å². The highest BCUT2D eigenvalue weighted by atomic mass is 32.1. The Bertz CT molecular complexity index is 747. The third kappa shape index (κ3) is 5.76. The normalized spacial score (nSPS) is 10.9. The molecule has 0 atom stereocenters. The van der Waals surface area contributed by atoms with Crippen LogP contribution in [0.25, 0.3) is 6.08 Å². The molecule has 1 heterocycles. The van der Waals surface area contributed by atoms with Crippen molar-refractivity contribution in [2.45, 2.75) is 20.0 Å². The van der Waals surface area contributed by atoms with Crippen molar-refractivity contribution in [2.75, 3.05) is 13.7 Å². The van der Waals surface area contributed by atoms with Gasteiger partial charge in [-0.25, -0.2) is 4.79 Å². The smallest absolute Gasteiger partial charge is 0.331 e. The maximum atomic E-state index is 11.8. The summed E-state index contributed by atoms with van der Waals surface area (Å²) >= 11 is 1.32. The number of carbonyl (C=O) groups excluding carboxylic acids is 2. The molecule has 25 heavy (non-hydrogen) atoms. The summed E-state index contributed by atoms with van der Waals surface area (Å²) in [6.07, 6.45) is 2.91. The van der Waals surface area contributed by atoms with Gasteiger partial charge in [-0.1, -0.05) is 12.1 Å². The van der Waals surface area contributed by atoms with E-state index in [0.29, 0.717) is 16.4 Å². The first kappa shape index (κ1) is 18.7. The van der Waals surface area contributed by atoms with Gasteiger partial charge in [0.2, 0.25) is 5.78 Å². The minimum absolute atomic E-state index is 0.0335. The quantitative estimate of drug-likeness (QED) is 0.405. The first-order valence-electron chi connectivity index (χ1n) is 7.76. The van der Waals surface area contributed by atoms with E-state index in [1.165, 1.54) is 17.4 Å². The molecule has 0 aliphatic rings. The number of ketones is 1. The van der Waals surface area contributed by atoms with Crippen molar-refractivity contribution in [3.05, 3.63) is 52.2 Å². The highest BCUT2D eigenvalue weighted by molar-refractivity contribution is 7.12. The van der Waals surface area contributed by atoms with Gasteiger partial charge in [0.1, 0.15) is 0 Å². The molecule has 2 rings (SSSR count). The predicted octanol–water partition coefficient (Wildman–Crippen LogP) is 3.98. The third-order valence-electron chi connectivity index (χ3n) is 3.10. The van der Waals surface area contributed by atoms with Gasteiger partial charge in [-0.3, -0.25) is 4.79 Å². The predicted molar refractivity (Wildman–Crippen MR) is 97.4 cm³/mol. The molecule has 2 aromatic rings. The Morgan fingerprint density at radius 2 is 2.00 bits per heavy atom. The van der Waals surface area contributed by atoms with Crippen LogP contribution in [0, 0.1) is 0 Å². The summed E-state index contributed by atoms with van der Waals surface area (Å²) in [5.74, 6) is 0.427. The first-order chi connectivity index (χ1) is 12.0. The number of benzene rings is 1. The molecule has 5 nitrogen and oxygen atoms in total. The number of hydrogen-bond acceptors (Lipinski definition) is 6. The van der Waals surface area contributed by atoms with E-state index in [2.05, 4.69) is 0 Å². The summed E-state index contributed by atoms with van der Waals surface area (Å²) in [5.41, 5.74) is 0.759. The third-order valence-corrected chi connectivity index (χ3v) is 4.01. The van der Waals surface area contributed by atoms with Gasteiger partial charge >= 0.3 is 5.97 Å². The lowest BCUT2D eigenvalue weighted by Crippen LogP contribution is -2.11. The van der Waals surface area contributed by atoms with E-state index in [4.69, 9.17) is 14.2 Å². The van der Waals surface area contributed by atoms with Crippen molar-refractivity contribution < 1.29 is 23.8 Å². The molecule has 0 unspecified atom stereocenters. The van der Waals surface area contributed by atoms with E-state index in [-0.39, 0.29) is 18.5 Å². The monoisotopic (exact) mass is 360 g/mol. The Balaban J connectivity index is 1.94. The lowest BCUT2D eigenvalue weighted by atomic mass is 10.2. The molecule has 0 aliphatic carbocycles. The Hall–Kier alpha value is -2.60. The second kappa shape index (κ2) is 9.03. The van der Waals surface area contributed by atoms with Gasteiger partial charge in [0.15, 0.2) is 18.1 Å². The van der Waals surface area contributed by atoms with Crippen LogP contribution in [-0.4, -0.2) is 31.6 Å². The average molecular weight is 360 g/mol. The molecular weight excluding hydrogens is 340 g/mol. The lowest BCUT2D eigenvalue weighted by Gasteiger charge is -2.13. The van der Waals surface area contributed by atoms with Gasteiger partial charge in [-0.05, 0) is 49.1 Å². The first-order valence-corrected chi connectivity index (χ1v) is 8.64. The fourth-order valence-corrected chi connectivity index (χ4v) is 2.65. The van der Waals surface area contributed by atoms with Crippen molar-refractivity contribution in [3.8, 4) is 11.5 Å². The van der Waals surface area contributed by atoms with Crippen molar-refractivity contribution in [1.82, 2.24) is 0 Å². The average Bonchev–Trinajstić information content (AvgIpc) is 3.13. The molecule has 0 N–H and O–H groups in total. The maximum absolute atomic E-state index is 11.8. The fourth-order valence-electron chi connectivity index (χ4n) is 2.00. The zero-order valence-electron chi connectivity index (χ0n) is 14.4. The molecule has 0 saturated heterocycles. The number of Topliss-reactive ketones (excluding diaryl/α,β-unsaturated/α-hetero) is 1. The zero-order chi connectivity index (χ0) is 18.2. The van der Waals surface area contributed by atoms with Crippen LogP contribution >= 0.6 is 11.3 Å². The largest absolute Gasteiger partial charge is 0.493 e. The molecular formula is C19H20O5S. The highest BCUT2D eigenvalue weighted by Crippen LogP contribution is 2.29. The van der Waals surface area contributed by atoms with Crippen LogP contribution in [0.1, 0.15) is 29.1 Å². The number of thiophene rings is 1. The summed E-state index contributed by atoms with van der Waals surface area (Å²) < 4.78 is 15.9. The van der Waals surface area contributed by atoms with Crippen LogP contribution in [0.3, 0.4) is 0 Å². The topological polar surface area (TPSA) is 61.8 Å². The van der Waals surface area contributed by atoms with Gasteiger partial charge in [0, 0.05) is 6.08 Å². The van der Waals surface area contributed by atoms with Crippen LogP contribution in [0.15, 0.2) is 41.8 Å². The summed E-state index contributed by atoms with van der Waals surface area (Å²) in [5, 5.41) is 1.80. The Kier molecular flexibility index (Phi) is 6.77. The summed E-state index contributed by atoms with van der Waals surface area (Å²) in [6.45, 7) is 3.59. The van der Waals surface area contributed by atoms with E-state index in [0.717, 1.165) is 5.56 Å². The summed E-state index contributed by atoms with van der Waals surface area (Å²) in [6, 6.07) is 8.83. The van der Waals surface area contributed by atoms with E-state index in [1.54, 1.807) is 48.9 Å². The zero-order valence-corrected chi connectivity index (χ0v) is 15.2. The van der Waals surface area contributed by atoms with E-state index in [1.807, 2.05) is 13.8 Å². The van der Waals surface area contributed by atoms with E-state index >= 15 is 0 Å². The number of esters is 1. The molecule has 1 aromatic carbocycles. The van der Waals surface area contributed by atoms with Gasteiger partial charge in [-0.15, -0.1) is 11.3 Å². The maximum Gasteiger partial charge on any atom is 0.331 e. The summed E-state index contributed by atoms with van der Waals surface area (Å²) in [7, 11) is 1.56. The Morgan fingerprint density at radius 3 is 2.64 bits per heavy atom. The molecule has 0 bridgehead atoms. The Labute approximate surface area is 150 Å². The molecule has 132 valence electrons. The van der Waals surface area contributed by atoms with Crippen molar-refractivity contribution in [3.63, 3.8) is 0 Å². The van der Waals surface area contributed by atoms with Crippen LogP contribution in [0.5, 0.6) is 11.5 Å². The number of ether oxygens (including phenoxy) is 3. The van der Waals surface area contributed by atoms with Gasteiger partial charge in [0.25, 0.3) is 0 Å². The molecule has 0 radical (unpaired) electrons. The minimum atomic E-state index is -0.577. The molecule has 0 spiro atoms. The second-order valence-corrected chi connectivity index (χ2v) is 6.37. The fraction of sp³-hybridized carbons (Fsp3) is 0.263. The second-order valence-electron chi connectivity index (χ2n) is 5.42. The van der Waals surface area contributed by atoms with E-state index in [9.17, 15) is 9.59 Å². The molecule has 1 aromatic heterocycles. The molecule has 0 fully saturated rings. The Morgan fingerprint density at radius 1 is 1.20 bits per heavy atom. The van der Waals surface area contributed by atoms with Crippen LogP contribution in [0.2, 0.25) is 0 Å². The standard InChI is InChI=1S/C19H20O5S/c1-13(2)24-16-8-6-14(11-17(16)22-3)7-9-19(21)23-12-15(20)18-5-4-10-25-18/h4-11,13H,12H2,1-3H3/b9-7+. The highest BCUT2D eigenvalue weighted by Gasteiger charge is 2.10. The SMILES string of the molecule is COc1cc(/C=C/C(=O)OCC(=O)c2cccs2)ccc1OC(C)C. The molecule has 0 aliphatic heterocycles. The molecule has 0 amide bonds. The van der Waals surface area contributed by atoms with Crippen molar-refractivity contribution in [1.29, 1.82) is 0 Å². The van der Waals surface area contributed by atoms with Gasteiger partial charge < -0.3 is 14.2 Å². The van der Waals surface area contributed by atoms with Crippen molar-refractivity contribution >= 4 is 29.2 Å². The van der Waals surface area contributed by atoms with Gasteiger partial charge in [0.05, 0.1) is 18.1 Å². The van der Waals surface area contributed by atoms with E-state index < -0.39 is 5.97 Å². The summed E-state index contributed by atoms with van der Waals surface area (Å²) in [4.78, 5) is 24.1. The van der Waals surface area contributed by atoms with Crippen LogP contribution < -0.4 is 9.47 Å². The molecule has 6 heteroatoms. The molecule has 0 saturated carbocycles. The minimum Gasteiger partial charge on any atom is -0.493 e. The van der Waals surface area contributed by atoms with Crippen molar-refractivity contribution in [2.24, 2.45) is 0 Å². The van der Waals surface area contributed by atoms with Gasteiger partial charge in [-0.2, -0.15) is 0 Å². The number of methoxy groups -OCH3 is 1. The number of rotatable bonds is 8. The van der Waals surface area contributed by atoms with Crippen LogP contribution in [-0.2, 0) is 9.53 Å². The number of hydrogen-bond donors (Lipinski definition) is 0. The number of carbonyl (C=O) groups is 2. The lowest BCUT2D eigenvalue weighted by molar-refractivity contribution is -0.136.